The van der Waals surface area contributed by atoms with Gasteiger partial charge >= 0.3 is 0 Å². The van der Waals surface area contributed by atoms with E-state index in [1.807, 2.05) is 0 Å². The highest BCUT2D eigenvalue weighted by molar-refractivity contribution is 7.91. The highest BCUT2D eigenvalue weighted by Crippen LogP contribution is 2.21. The molecule has 0 unspecified atom stereocenters. The van der Waals surface area contributed by atoms with Gasteiger partial charge in [0.2, 0.25) is 10.0 Å². The molecule has 1 aromatic carbocycles. The quantitative estimate of drug-likeness (QED) is 0.889. The van der Waals surface area contributed by atoms with Crippen molar-refractivity contribution in [2.24, 2.45) is 0 Å². The molecule has 7 heteroatoms. The predicted octanol–water partition coefficient (Wildman–Crippen LogP) is 2.37. The van der Waals surface area contributed by atoms with Gasteiger partial charge in [-0.3, -0.25) is 0 Å². The largest absolute Gasteiger partial charge is 0.392 e. The van der Waals surface area contributed by atoms with Crippen LogP contribution in [-0.4, -0.2) is 13.5 Å². The maximum absolute atomic E-state index is 12.0. The summed E-state index contributed by atoms with van der Waals surface area (Å²) in [5.41, 5.74) is 1.30. The second kappa shape index (κ2) is 6.02. The highest BCUT2D eigenvalue weighted by atomic mass is 35.5. The number of halogens is 1. The van der Waals surface area contributed by atoms with E-state index in [0.29, 0.717) is 16.1 Å². The van der Waals surface area contributed by atoms with Crippen molar-refractivity contribution in [3.05, 3.63) is 51.9 Å². The number of aliphatic hydroxyl groups is 1. The van der Waals surface area contributed by atoms with Gasteiger partial charge in [-0.25, -0.2) is 13.1 Å². The molecule has 1 heterocycles. The number of hydrogen-bond donors (Lipinski definition) is 2. The fourth-order valence-electron chi connectivity index (χ4n) is 1.46. The molecule has 0 saturated carbocycles. The summed E-state index contributed by atoms with van der Waals surface area (Å²) >= 11 is 7.04. The second-order valence-corrected chi connectivity index (χ2v) is 7.16. The molecule has 2 rings (SSSR count). The maximum Gasteiger partial charge on any atom is 0.250 e. The third-order valence-electron chi connectivity index (χ3n) is 2.49. The lowest BCUT2D eigenvalue weighted by Gasteiger charge is -2.06. The molecule has 0 aliphatic rings. The summed E-state index contributed by atoms with van der Waals surface area (Å²) in [7, 11) is -3.57. The van der Waals surface area contributed by atoms with Crippen LogP contribution in [0.2, 0.25) is 5.02 Å². The fourth-order valence-corrected chi connectivity index (χ4v) is 3.92. The van der Waals surface area contributed by atoms with Crippen LogP contribution in [0.5, 0.6) is 0 Å². The number of hydrogen-bond acceptors (Lipinski definition) is 4. The Morgan fingerprint density at radius 3 is 2.68 bits per heavy atom. The molecule has 0 atom stereocenters. The molecule has 2 aromatic rings. The summed E-state index contributed by atoms with van der Waals surface area (Å²) < 4.78 is 26.7. The predicted molar refractivity (Wildman–Crippen MR) is 75.7 cm³/mol. The molecule has 102 valence electrons. The van der Waals surface area contributed by atoms with Crippen LogP contribution in [0.1, 0.15) is 11.1 Å². The Morgan fingerprint density at radius 1 is 1.32 bits per heavy atom. The van der Waals surface area contributed by atoms with Crippen LogP contribution in [0, 0.1) is 0 Å². The van der Waals surface area contributed by atoms with Gasteiger partial charge in [0.05, 0.1) is 6.61 Å². The molecule has 0 aliphatic carbocycles. The van der Waals surface area contributed by atoms with Crippen LogP contribution in [0.25, 0.3) is 0 Å². The van der Waals surface area contributed by atoms with Crippen LogP contribution in [0.3, 0.4) is 0 Å². The van der Waals surface area contributed by atoms with Gasteiger partial charge in [-0.1, -0.05) is 29.8 Å². The minimum absolute atomic E-state index is 0.133. The first-order valence-electron chi connectivity index (χ1n) is 5.44. The first kappa shape index (κ1) is 14.5. The summed E-state index contributed by atoms with van der Waals surface area (Å²) in [6, 6.07) is 8.51. The van der Waals surface area contributed by atoms with Crippen LogP contribution < -0.4 is 4.72 Å². The molecule has 0 amide bonds. The van der Waals surface area contributed by atoms with Crippen molar-refractivity contribution < 1.29 is 13.5 Å². The topological polar surface area (TPSA) is 66.4 Å². The summed E-state index contributed by atoms with van der Waals surface area (Å²) in [4.78, 5) is 0. The molecule has 0 radical (unpaired) electrons. The van der Waals surface area contributed by atoms with Crippen molar-refractivity contribution in [2.45, 2.75) is 17.4 Å². The summed E-state index contributed by atoms with van der Waals surface area (Å²) in [6.45, 7) is -0.0368. The third-order valence-corrected chi connectivity index (χ3v) is 5.75. The molecular formula is C12H12ClNO3S2. The zero-order chi connectivity index (χ0) is 13.9. The molecule has 0 bridgehead atoms. The van der Waals surface area contributed by atoms with Crippen LogP contribution in [0.4, 0.5) is 0 Å². The van der Waals surface area contributed by atoms with Gasteiger partial charge in [-0.05, 0) is 28.6 Å². The number of thiophene rings is 1. The Morgan fingerprint density at radius 2 is 2.05 bits per heavy atom. The molecule has 19 heavy (non-hydrogen) atoms. The van der Waals surface area contributed by atoms with Gasteiger partial charge < -0.3 is 5.11 Å². The average molecular weight is 318 g/mol. The van der Waals surface area contributed by atoms with E-state index < -0.39 is 10.0 Å². The van der Waals surface area contributed by atoms with Crippen molar-refractivity contribution in [3.8, 4) is 0 Å². The van der Waals surface area contributed by atoms with Gasteiger partial charge in [-0.15, -0.1) is 11.3 Å². The van der Waals surface area contributed by atoms with E-state index in [2.05, 4.69) is 4.72 Å². The smallest absolute Gasteiger partial charge is 0.250 e. The molecule has 4 nitrogen and oxygen atoms in total. The molecule has 0 aliphatic heterocycles. The van der Waals surface area contributed by atoms with Crippen LogP contribution in [-0.2, 0) is 23.2 Å². The first-order valence-corrected chi connectivity index (χ1v) is 8.18. The number of benzene rings is 1. The van der Waals surface area contributed by atoms with Crippen LogP contribution in [0.15, 0.2) is 39.9 Å². The minimum atomic E-state index is -3.57. The van der Waals surface area contributed by atoms with Gasteiger partial charge in [-0.2, -0.15) is 0 Å². The number of rotatable bonds is 5. The molecule has 0 saturated heterocycles. The third kappa shape index (κ3) is 3.55. The lowest BCUT2D eigenvalue weighted by molar-refractivity contribution is 0.282. The summed E-state index contributed by atoms with van der Waals surface area (Å²) in [5, 5.41) is 11.1. The summed E-state index contributed by atoms with van der Waals surface area (Å²) in [6.07, 6.45) is 0. The van der Waals surface area contributed by atoms with Gasteiger partial charge in [0.15, 0.2) is 0 Å². The van der Waals surface area contributed by atoms with Gasteiger partial charge in [0.25, 0.3) is 0 Å². The molecule has 0 fully saturated rings. The Balaban J connectivity index is 2.12. The normalized spacial score (nSPS) is 11.7. The van der Waals surface area contributed by atoms with Gasteiger partial charge in [0.1, 0.15) is 4.21 Å². The zero-order valence-electron chi connectivity index (χ0n) is 9.84. The Labute approximate surface area is 120 Å². The van der Waals surface area contributed by atoms with Crippen molar-refractivity contribution in [1.82, 2.24) is 4.72 Å². The lowest BCUT2D eigenvalue weighted by Crippen LogP contribution is -2.22. The number of nitrogens with one attached hydrogen (secondary N) is 1. The molecule has 2 N–H and O–H groups in total. The van der Waals surface area contributed by atoms with E-state index in [4.69, 9.17) is 16.7 Å². The Bertz CT molecular complexity index is 667. The van der Waals surface area contributed by atoms with E-state index in [0.717, 1.165) is 11.3 Å². The Hall–Kier alpha value is -0.920. The molecule has 1 aromatic heterocycles. The van der Waals surface area contributed by atoms with Crippen molar-refractivity contribution in [2.75, 3.05) is 0 Å². The van der Waals surface area contributed by atoms with Gasteiger partial charge in [0, 0.05) is 11.6 Å². The Kier molecular flexibility index (Phi) is 4.59. The standard InChI is InChI=1S/C12H12ClNO3S2/c13-11-4-2-1-3-10(11)6-14-19(16,17)12-5-9(7-15)8-18-12/h1-5,8,14-15H,6-7H2. The molecular weight excluding hydrogens is 306 g/mol. The van der Waals surface area contributed by atoms with E-state index in [1.165, 1.54) is 6.07 Å². The lowest BCUT2D eigenvalue weighted by atomic mass is 10.2. The number of sulfonamides is 1. The second-order valence-electron chi connectivity index (χ2n) is 3.85. The monoisotopic (exact) mass is 317 g/mol. The van der Waals surface area contributed by atoms with E-state index in [9.17, 15) is 8.42 Å². The summed E-state index contributed by atoms with van der Waals surface area (Å²) in [5.74, 6) is 0. The molecule has 0 spiro atoms. The maximum atomic E-state index is 12.0. The minimum Gasteiger partial charge on any atom is -0.392 e. The van der Waals surface area contributed by atoms with Crippen molar-refractivity contribution in [3.63, 3.8) is 0 Å². The SMILES string of the molecule is O=S(=O)(NCc1ccccc1Cl)c1cc(CO)cs1. The fraction of sp³-hybridized carbons (Fsp3) is 0.167. The highest BCUT2D eigenvalue weighted by Gasteiger charge is 2.16. The van der Waals surface area contributed by atoms with Crippen LogP contribution >= 0.6 is 22.9 Å². The van der Waals surface area contributed by atoms with E-state index >= 15 is 0 Å². The zero-order valence-corrected chi connectivity index (χ0v) is 12.2. The number of aliphatic hydroxyl groups excluding tert-OH is 1. The average Bonchev–Trinajstić information content (AvgIpc) is 2.87. The van der Waals surface area contributed by atoms with E-state index in [-0.39, 0.29) is 17.4 Å². The van der Waals surface area contributed by atoms with E-state index in [1.54, 1.807) is 29.6 Å². The van der Waals surface area contributed by atoms with Crippen molar-refractivity contribution >= 4 is 33.0 Å². The van der Waals surface area contributed by atoms with Crippen molar-refractivity contribution in [1.29, 1.82) is 0 Å². The first-order chi connectivity index (χ1) is 9.03.